The summed E-state index contributed by atoms with van der Waals surface area (Å²) < 4.78 is 7.15. The van der Waals surface area contributed by atoms with Crippen LogP contribution in [0.25, 0.3) is 0 Å². The van der Waals surface area contributed by atoms with E-state index in [2.05, 4.69) is 67.1 Å². The fourth-order valence-electron chi connectivity index (χ4n) is 3.83. The van der Waals surface area contributed by atoms with E-state index in [1.165, 1.54) is 5.56 Å². The average Bonchev–Trinajstić information content (AvgIpc) is 3.48. The van der Waals surface area contributed by atoms with Gasteiger partial charge >= 0.3 is 0 Å². The number of rotatable bonds is 8. The SMILES string of the molecule is CCNC(=NCc1nccn1CCc1ccccc1)N1CCN(Cc2ccon2)CC1.I. The smallest absolute Gasteiger partial charge is 0.194 e. The van der Waals surface area contributed by atoms with Crippen LogP contribution in [0.4, 0.5) is 0 Å². The number of imidazole rings is 1. The van der Waals surface area contributed by atoms with Crippen molar-refractivity contribution in [3.63, 3.8) is 0 Å². The van der Waals surface area contributed by atoms with E-state index >= 15 is 0 Å². The molecule has 0 spiro atoms. The van der Waals surface area contributed by atoms with Crippen molar-refractivity contribution >= 4 is 29.9 Å². The molecule has 1 fully saturated rings. The lowest BCUT2D eigenvalue weighted by molar-refractivity contribution is 0.169. The summed E-state index contributed by atoms with van der Waals surface area (Å²) in [7, 11) is 0. The van der Waals surface area contributed by atoms with Crippen molar-refractivity contribution in [2.24, 2.45) is 4.99 Å². The molecule has 0 saturated carbocycles. The molecule has 172 valence electrons. The maximum absolute atomic E-state index is 4.94. The van der Waals surface area contributed by atoms with Crippen LogP contribution in [0.5, 0.6) is 0 Å². The van der Waals surface area contributed by atoms with Gasteiger partial charge in [0.1, 0.15) is 18.6 Å². The largest absolute Gasteiger partial charge is 0.364 e. The Hall–Kier alpha value is -2.40. The number of hydrogen-bond acceptors (Lipinski definition) is 5. The molecule has 0 radical (unpaired) electrons. The zero-order valence-corrected chi connectivity index (χ0v) is 20.9. The molecule has 0 unspecified atom stereocenters. The summed E-state index contributed by atoms with van der Waals surface area (Å²) in [6.07, 6.45) is 6.53. The third kappa shape index (κ3) is 6.80. The third-order valence-corrected chi connectivity index (χ3v) is 5.54. The monoisotopic (exact) mass is 549 g/mol. The van der Waals surface area contributed by atoms with Gasteiger partial charge in [0.2, 0.25) is 0 Å². The molecule has 4 rings (SSSR count). The van der Waals surface area contributed by atoms with Crippen LogP contribution in [0.15, 0.2) is 64.6 Å². The van der Waals surface area contributed by atoms with Crippen molar-refractivity contribution < 1.29 is 4.52 Å². The lowest BCUT2D eigenvalue weighted by Gasteiger charge is -2.36. The molecule has 0 amide bonds. The molecular formula is C23H32IN7O. The Morgan fingerprint density at radius 1 is 1.12 bits per heavy atom. The Morgan fingerprint density at radius 3 is 2.66 bits per heavy atom. The highest BCUT2D eigenvalue weighted by Gasteiger charge is 2.20. The minimum Gasteiger partial charge on any atom is -0.364 e. The maximum atomic E-state index is 4.94. The van der Waals surface area contributed by atoms with Crippen LogP contribution in [0, 0.1) is 0 Å². The summed E-state index contributed by atoms with van der Waals surface area (Å²) in [6, 6.07) is 12.5. The van der Waals surface area contributed by atoms with Crippen LogP contribution in [0.2, 0.25) is 0 Å². The molecule has 1 aliphatic heterocycles. The van der Waals surface area contributed by atoms with E-state index in [9.17, 15) is 0 Å². The minimum atomic E-state index is 0. The Bertz CT molecular complexity index is 934. The molecule has 32 heavy (non-hydrogen) atoms. The number of aryl methyl sites for hydroxylation is 2. The third-order valence-electron chi connectivity index (χ3n) is 5.54. The number of halogens is 1. The fraction of sp³-hybridized carbons (Fsp3) is 0.435. The van der Waals surface area contributed by atoms with Gasteiger partial charge in [0.25, 0.3) is 0 Å². The van der Waals surface area contributed by atoms with E-state index in [1.54, 1.807) is 6.26 Å². The first kappa shape index (κ1) is 24.2. The summed E-state index contributed by atoms with van der Waals surface area (Å²) in [5.74, 6) is 1.96. The van der Waals surface area contributed by atoms with Gasteiger partial charge in [0.15, 0.2) is 5.96 Å². The summed E-state index contributed by atoms with van der Waals surface area (Å²) in [5.41, 5.74) is 2.32. The van der Waals surface area contributed by atoms with Crippen LogP contribution in [0.1, 0.15) is 24.0 Å². The maximum Gasteiger partial charge on any atom is 0.194 e. The predicted molar refractivity (Wildman–Crippen MR) is 136 cm³/mol. The number of piperazine rings is 1. The van der Waals surface area contributed by atoms with Gasteiger partial charge in [0.05, 0.1) is 5.69 Å². The van der Waals surface area contributed by atoms with Gasteiger partial charge in [-0.25, -0.2) is 9.98 Å². The molecule has 1 aromatic carbocycles. The fourth-order valence-corrected chi connectivity index (χ4v) is 3.83. The van der Waals surface area contributed by atoms with E-state index in [0.717, 1.165) is 69.7 Å². The first-order valence-corrected chi connectivity index (χ1v) is 11.0. The zero-order chi connectivity index (χ0) is 21.3. The number of aromatic nitrogens is 3. The standard InChI is InChI=1S/C23H31N7O.HI/c1-2-24-23(30-15-13-28(14-16-30)19-21-9-17-31-27-21)26-18-22-25-10-12-29(22)11-8-20-6-4-3-5-7-20;/h3-7,9-10,12,17H,2,8,11,13-16,18-19H2,1H3,(H,24,26);1H. The molecule has 1 aliphatic rings. The van der Waals surface area contributed by atoms with Gasteiger partial charge in [-0.15, -0.1) is 24.0 Å². The van der Waals surface area contributed by atoms with Crippen LogP contribution >= 0.6 is 24.0 Å². The normalized spacial score (nSPS) is 14.9. The quantitative estimate of drug-likeness (QED) is 0.265. The van der Waals surface area contributed by atoms with Crippen molar-refractivity contribution in [3.05, 3.63) is 72.1 Å². The first-order valence-electron chi connectivity index (χ1n) is 11.0. The van der Waals surface area contributed by atoms with Gasteiger partial charge < -0.3 is 19.3 Å². The van der Waals surface area contributed by atoms with Crippen LogP contribution < -0.4 is 5.32 Å². The van der Waals surface area contributed by atoms with E-state index in [1.807, 2.05) is 18.5 Å². The number of guanidine groups is 1. The lowest BCUT2D eigenvalue weighted by atomic mass is 10.1. The van der Waals surface area contributed by atoms with Gasteiger partial charge in [-0.05, 0) is 18.9 Å². The number of nitrogens with zero attached hydrogens (tertiary/aromatic N) is 6. The van der Waals surface area contributed by atoms with Crippen molar-refractivity contribution in [1.29, 1.82) is 0 Å². The molecule has 0 atom stereocenters. The Kier molecular flexibility index (Phi) is 9.54. The summed E-state index contributed by atoms with van der Waals surface area (Å²) in [4.78, 5) is 14.2. The highest BCUT2D eigenvalue weighted by atomic mass is 127. The molecule has 1 saturated heterocycles. The second-order valence-corrected chi connectivity index (χ2v) is 7.70. The molecule has 8 nitrogen and oxygen atoms in total. The molecule has 1 N–H and O–H groups in total. The number of aliphatic imine (C=N–C) groups is 1. The predicted octanol–water partition coefficient (Wildman–Crippen LogP) is 3.02. The Labute approximate surface area is 206 Å². The van der Waals surface area contributed by atoms with Crippen molar-refractivity contribution in [2.45, 2.75) is 33.0 Å². The molecule has 0 bridgehead atoms. The van der Waals surface area contributed by atoms with Crippen LogP contribution in [0.3, 0.4) is 0 Å². The minimum absolute atomic E-state index is 0. The first-order chi connectivity index (χ1) is 15.3. The van der Waals surface area contributed by atoms with Gasteiger partial charge in [-0.2, -0.15) is 0 Å². The van der Waals surface area contributed by atoms with Crippen molar-refractivity contribution in [2.75, 3.05) is 32.7 Å². The van der Waals surface area contributed by atoms with E-state index < -0.39 is 0 Å². The zero-order valence-electron chi connectivity index (χ0n) is 18.6. The average molecular weight is 549 g/mol. The molecule has 9 heteroatoms. The molecule has 0 aliphatic carbocycles. The summed E-state index contributed by atoms with van der Waals surface area (Å²) >= 11 is 0. The lowest BCUT2D eigenvalue weighted by Crippen LogP contribution is -2.52. The van der Waals surface area contributed by atoms with Crippen LogP contribution in [-0.2, 0) is 26.1 Å². The number of benzene rings is 1. The Morgan fingerprint density at radius 2 is 1.94 bits per heavy atom. The highest BCUT2D eigenvalue weighted by Crippen LogP contribution is 2.09. The van der Waals surface area contributed by atoms with E-state index in [0.29, 0.717) is 6.54 Å². The second-order valence-electron chi connectivity index (χ2n) is 7.70. The van der Waals surface area contributed by atoms with E-state index in [-0.39, 0.29) is 24.0 Å². The number of nitrogens with one attached hydrogen (secondary N) is 1. The topological polar surface area (TPSA) is 74.7 Å². The van der Waals surface area contributed by atoms with Crippen molar-refractivity contribution in [3.8, 4) is 0 Å². The summed E-state index contributed by atoms with van der Waals surface area (Å²) in [5, 5.41) is 7.46. The van der Waals surface area contributed by atoms with Gasteiger partial charge in [-0.1, -0.05) is 35.5 Å². The van der Waals surface area contributed by atoms with E-state index in [4.69, 9.17) is 9.52 Å². The van der Waals surface area contributed by atoms with Gasteiger partial charge in [0, 0.05) is 64.3 Å². The second kappa shape index (κ2) is 12.6. The highest BCUT2D eigenvalue weighted by molar-refractivity contribution is 14.0. The molecule has 3 aromatic rings. The summed E-state index contributed by atoms with van der Waals surface area (Å²) in [6.45, 7) is 9.09. The van der Waals surface area contributed by atoms with Crippen molar-refractivity contribution in [1.82, 2.24) is 29.8 Å². The van der Waals surface area contributed by atoms with Gasteiger partial charge in [-0.3, -0.25) is 4.90 Å². The Balaban J connectivity index is 0.00000289. The molecular weight excluding hydrogens is 517 g/mol. The molecule has 3 heterocycles. The van der Waals surface area contributed by atoms with Crippen LogP contribution in [-0.4, -0.2) is 63.2 Å². The number of hydrogen-bond donors (Lipinski definition) is 1. The molecule has 2 aromatic heterocycles.